The standard InChI is InChI=1S/C19H18N2O4/c1-24-19(23)17(21-18(22)9-8-14-5-4-10-25-14)11-13-12-20-16-7-3-2-6-15(13)16/h2-10,12,17,20H,11H2,1H3,(H,21,22)/t17-/m0/s1. The van der Waals surface area contributed by atoms with Crippen molar-refractivity contribution in [1.82, 2.24) is 10.3 Å². The van der Waals surface area contributed by atoms with E-state index in [9.17, 15) is 9.59 Å². The lowest BCUT2D eigenvalue weighted by Gasteiger charge is -2.15. The maximum Gasteiger partial charge on any atom is 0.328 e. The summed E-state index contributed by atoms with van der Waals surface area (Å²) in [6, 6.07) is 10.5. The van der Waals surface area contributed by atoms with E-state index in [0.29, 0.717) is 12.2 Å². The van der Waals surface area contributed by atoms with Crippen molar-refractivity contribution in [3.05, 3.63) is 66.3 Å². The number of nitrogens with one attached hydrogen (secondary N) is 2. The molecule has 1 atom stereocenters. The minimum atomic E-state index is -0.780. The van der Waals surface area contributed by atoms with Gasteiger partial charge in [0, 0.05) is 29.6 Å². The van der Waals surface area contributed by atoms with Crippen molar-refractivity contribution in [2.24, 2.45) is 0 Å². The van der Waals surface area contributed by atoms with Crippen LogP contribution >= 0.6 is 0 Å². The number of hydrogen-bond donors (Lipinski definition) is 2. The number of benzene rings is 1. The minimum absolute atomic E-state index is 0.330. The van der Waals surface area contributed by atoms with Gasteiger partial charge in [0.15, 0.2) is 0 Å². The molecule has 0 unspecified atom stereocenters. The molecule has 0 saturated carbocycles. The molecule has 6 heteroatoms. The van der Waals surface area contributed by atoms with Gasteiger partial charge in [-0.2, -0.15) is 0 Å². The summed E-state index contributed by atoms with van der Waals surface area (Å²) in [6.07, 6.45) is 6.55. The predicted octanol–water partition coefficient (Wildman–Crippen LogP) is 2.67. The number of rotatable bonds is 6. The molecule has 1 aromatic carbocycles. The topological polar surface area (TPSA) is 84.3 Å². The van der Waals surface area contributed by atoms with Crippen LogP contribution in [-0.4, -0.2) is 30.0 Å². The van der Waals surface area contributed by atoms with Crippen LogP contribution in [0.3, 0.4) is 0 Å². The number of aromatic nitrogens is 1. The number of para-hydroxylation sites is 1. The lowest BCUT2D eigenvalue weighted by molar-refractivity contribution is -0.144. The Morgan fingerprint density at radius 3 is 2.88 bits per heavy atom. The quantitative estimate of drug-likeness (QED) is 0.534. The summed E-state index contributed by atoms with van der Waals surface area (Å²) in [7, 11) is 1.30. The highest BCUT2D eigenvalue weighted by Gasteiger charge is 2.22. The summed E-state index contributed by atoms with van der Waals surface area (Å²) >= 11 is 0. The molecule has 25 heavy (non-hydrogen) atoms. The maximum absolute atomic E-state index is 12.1. The van der Waals surface area contributed by atoms with Crippen LogP contribution < -0.4 is 5.32 Å². The number of amides is 1. The molecular weight excluding hydrogens is 320 g/mol. The molecular formula is C19H18N2O4. The zero-order valence-electron chi connectivity index (χ0n) is 13.7. The number of carbonyl (C=O) groups is 2. The van der Waals surface area contributed by atoms with E-state index < -0.39 is 17.9 Å². The average Bonchev–Trinajstić information content (AvgIpc) is 3.29. The van der Waals surface area contributed by atoms with Crippen molar-refractivity contribution in [2.45, 2.75) is 12.5 Å². The normalized spacial score (nSPS) is 12.4. The number of methoxy groups -OCH3 is 1. The highest BCUT2D eigenvalue weighted by Crippen LogP contribution is 2.19. The molecule has 0 bridgehead atoms. The molecule has 6 nitrogen and oxygen atoms in total. The van der Waals surface area contributed by atoms with Gasteiger partial charge in [0.2, 0.25) is 5.91 Å². The van der Waals surface area contributed by atoms with E-state index in [-0.39, 0.29) is 0 Å². The first-order valence-electron chi connectivity index (χ1n) is 7.82. The summed E-state index contributed by atoms with van der Waals surface area (Å²) in [5.74, 6) is -0.335. The molecule has 0 aliphatic rings. The Bertz CT molecular complexity index is 893. The first-order chi connectivity index (χ1) is 12.2. The van der Waals surface area contributed by atoms with Crippen molar-refractivity contribution >= 4 is 28.9 Å². The Morgan fingerprint density at radius 2 is 2.12 bits per heavy atom. The number of fused-ring (bicyclic) bond motifs is 1. The third-order valence-corrected chi connectivity index (χ3v) is 3.84. The van der Waals surface area contributed by atoms with Crippen molar-refractivity contribution < 1.29 is 18.7 Å². The van der Waals surface area contributed by atoms with Gasteiger partial charge in [-0.1, -0.05) is 18.2 Å². The Labute approximate surface area is 144 Å². The van der Waals surface area contributed by atoms with Crippen molar-refractivity contribution in [2.75, 3.05) is 7.11 Å². The van der Waals surface area contributed by atoms with Gasteiger partial charge in [-0.05, 0) is 29.8 Å². The van der Waals surface area contributed by atoms with Crippen LogP contribution in [0.15, 0.2) is 59.4 Å². The fourth-order valence-electron chi connectivity index (χ4n) is 2.62. The number of hydrogen-bond acceptors (Lipinski definition) is 4. The number of ether oxygens (including phenoxy) is 1. The van der Waals surface area contributed by atoms with Gasteiger partial charge in [0.05, 0.1) is 13.4 Å². The van der Waals surface area contributed by atoms with Crippen LogP contribution in [0.5, 0.6) is 0 Å². The monoisotopic (exact) mass is 338 g/mol. The van der Waals surface area contributed by atoms with Crippen LogP contribution in [0.1, 0.15) is 11.3 Å². The molecule has 0 radical (unpaired) electrons. The summed E-state index contributed by atoms with van der Waals surface area (Å²) in [6.45, 7) is 0. The van der Waals surface area contributed by atoms with Gasteiger partial charge in [-0.25, -0.2) is 4.79 Å². The molecule has 2 N–H and O–H groups in total. The molecule has 0 fully saturated rings. The fourth-order valence-corrected chi connectivity index (χ4v) is 2.62. The molecule has 0 spiro atoms. The van der Waals surface area contributed by atoms with Gasteiger partial charge < -0.3 is 19.5 Å². The van der Waals surface area contributed by atoms with Gasteiger partial charge >= 0.3 is 5.97 Å². The Balaban J connectivity index is 1.73. The summed E-state index contributed by atoms with van der Waals surface area (Å²) in [4.78, 5) is 27.3. The van der Waals surface area contributed by atoms with Crippen LogP contribution in [0.25, 0.3) is 17.0 Å². The first-order valence-corrected chi connectivity index (χ1v) is 7.82. The van der Waals surface area contributed by atoms with E-state index >= 15 is 0 Å². The molecule has 3 aromatic rings. The third kappa shape index (κ3) is 3.98. The van der Waals surface area contributed by atoms with Crippen LogP contribution in [-0.2, 0) is 20.7 Å². The third-order valence-electron chi connectivity index (χ3n) is 3.84. The smallest absolute Gasteiger partial charge is 0.328 e. The highest BCUT2D eigenvalue weighted by molar-refractivity contribution is 5.94. The largest absolute Gasteiger partial charge is 0.467 e. The van der Waals surface area contributed by atoms with E-state index in [1.165, 1.54) is 25.5 Å². The molecule has 128 valence electrons. The summed E-state index contributed by atoms with van der Waals surface area (Å²) < 4.78 is 9.95. The zero-order chi connectivity index (χ0) is 17.6. The fraction of sp³-hybridized carbons (Fsp3) is 0.158. The van der Waals surface area contributed by atoms with E-state index in [0.717, 1.165) is 16.5 Å². The van der Waals surface area contributed by atoms with Gasteiger partial charge in [-0.15, -0.1) is 0 Å². The van der Waals surface area contributed by atoms with E-state index in [2.05, 4.69) is 10.3 Å². The number of aromatic amines is 1. The van der Waals surface area contributed by atoms with Crippen LogP contribution in [0.4, 0.5) is 0 Å². The molecule has 0 aliphatic heterocycles. The summed E-state index contributed by atoms with van der Waals surface area (Å²) in [5, 5.41) is 3.69. The first kappa shape index (κ1) is 16.6. The van der Waals surface area contributed by atoms with E-state index in [1.807, 2.05) is 30.5 Å². The Kier molecular flexibility index (Phi) is 4.99. The molecule has 3 rings (SSSR count). The van der Waals surface area contributed by atoms with E-state index in [4.69, 9.17) is 9.15 Å². The van der Waals surface area contributed by atoms with Gasteiger partial charge in [-0.3, -0.25) is 4.79 Å². The average molecular weight is 338 g/mol. The second kappa shape index (κ2) is 7.53. The SMILES string of the molecule is COC(=O)[C@H](Cc1c[nH]c2ccccc12)NC(=O)C=Cc1ccco1. The molecule has 2 aromatic heterocycles. The van der Waals surface area contributed by atoms with Crippen molar-refractivity contribution in [3.8, 4) is 0 Å². The number of carbonyl (C=O) groups excluding carboxylic acids is 2. The van der Waals surface area contributed by atoms with Crippen LogP contribution in [0.2, 0.25) is 0 Å². The Hall–Kier alpha value is -3.28. The summed E-state index contributed by atoms with van der Waals surface area (Å²) in [5.41, 5.74) is 1.91. The van der Waals surface area contributed by atoms with Gasteiger partial charge in [0.1, 0.15) is 11.8 Å². The van der Waals surface area contributed by atoms with Crippen LogP contribution in [0, 0.1) is 0 Å². The molecule has 0 saturated heterocycles. The highest BCUT2D eigenvalue weighted by atomic mass is 16.5. The zero-order valence-corrected chi connectivity index (χ0v) is 13.7. The number of H-pyrrole nitrogens is 1. The lowest BCUT2D eigenvalue weighted by atomic mass is 10.0. The second-order valence-electron chi connectivity index (χ2n) is 5.50. The van der Waals surface area contributed by atoms with Crippen molar-refractivity contribution in [3.63, 3.8) is 0 Å². The number of esters is 1. The van der Waals surface area contributed by atoms with E-state index in [1.54, 1.807) is 12.1 Å². The minimum Gasteiger partial charge on any atom is -0.467 e. The lowest BCUT2D eigenvalue weighted by Crippen LogP contribution is -2.42. The van der Waals surface area contributed by atoms with Crippen molar-refractivity contribution in [1.29, 1.82) is 0 Å². The Morgan fingerprint density at radius 1 is 1.28 bits per heavy atom. The molecule has 2 heterocycles. The molecule has 1 amide bonds. The molecule has 0 aliphatic carbocycles. The second-order valence-corrected chi connectivity index (χ2v) is 5.50. The van der Waals surface area contributed by atoms with Gasteiger partial charge in [0.25, 0.3) is 0 Å². The predicted molar refractivity (Wildman–Crippen MR) is 93.7 cm³/mol. The maximum atomic E-state index is 12.1. The number of furan rings is 1.